The lowest BCUT2D eigenvalue weighted by atomic mass is 9.99. The summed E-state index contributed by atoms with van der Waals surface area (Å²) < 4.78 is 17.9. The molecule has 0 bridgehead atoms. The van der Waals surface area contributed by atoms with Gasteiger partial charge >= 0.3 is 12.1 Å². The first-order valence-corrected chi connectivity index (χ1v) is 7.54. The molecular weight excluding hydrogens is 325 g/mol. The van der Waals surface area contributed by atoms with Gasteiger partial charge in [-0.3, -0.25) is 4.79 Å². The summed E-state index contributed by atoms with van der Waals surface area (Å²) in [5.41, 5.74) is -0.265. The number of aliphatic carboxylic acids is 1. The first-order chi connectivity index (χ1) is 10.6. The maximum absolute atomic E-state index is 12.7. The van der Waals surface area contributed by atoms with E-state index >= 15 is 0 Å². The topological polar surface area (TPSA) is 66.8 Å². The second kappa shape index (κ2) is 8.15. The predicted octanol–water partition coefficient (Wildman–Crippen LogP) is 3.71. The minimum Gasteiger partial charge on any atom is -0.481 e. The van der Waals surface area contributed by atoms with Gasteiger partial charge in [0, 0.05) is 11.6 Å². The molecule has 0 saturated carbocycles. The molecule has 0 aliphatic heterocycles. The van der Waals surface area contributed by atoms with Crippen LogP contribution in [0.3, 0.4) is 0 Å². The molecule has 1 aromatic rings. The number of carbonyl (C=O) groups is 2. The molecule has 1 amide bonds. The number of hydrogen-bond donors (Lipinski definition) is 1. The van der Waals surface area contributed by atoms with Crippen LogP contribution in [0.15, 0.2) is 24.3 Å². The predicted molar refractivity (Wildman–Crippen MR) is 85.6 cm³/mol. The fourth-order valence-electron chi connectivity index (χ4n) is 1.93. The zero-order valence-corrected chi connectivity index (χ0v) is 14.1. The molecule has 0 unspecified atom stereocenters. The number of ether oxygens (including phenoxy) is 1. The van der Waals surface area contributed by atoms with Gasteiger partial charge in [-0.15, -0.1) is 0 Å². The molecule has 7 heteroatoms. The van der Waals surface area contributed by atoms with Crippen LogP contribution < -0.4 is 0 Å². The standard InChI is InChI=1S/C16H21ClFNO4/c1-16(2,3)23-15(22)19(9-8-18)10-13(14(20)21)11-4-6-12(17)7-5-11/h4-7,13H,8-10H2,1-3H3,(H,20,21)/t13-/m1/s1. The van der Waals surface area contributed by atoms with Crippen LogP contribution in [0.4, 0.5) is 9.18 Å². The van der Waals surface area contributed by atoms with E-state index in [0.717, 1.165) is 4.90 Å². The fraction of sp³-hybridized carbons (Fsp3) is 0.500. The Morgan fingerprint density at radius 1 is 1.30 bits per heavy atom. The molecule has 0 heterocycles. The highest BCUT2D eigenvalue weighted by atomic mass is 35.5. The number of carboxylic acid groups (broad SMARTS) is 1. The molecule has 0 spiro atoms. The van der Waals surface area contributed by atoms with E-state index in [2.05, 4.69) is 0 Å². The average molecular weight is 346 g/mol. The highest BCUT2D eigenvalue weighted by Crippen LogP contribution is 2.21. The quantitative estimate of drug-likeness (QED) is 0.853. The second-order valence-electron chi connectivity index (χ2n) is 6.06. The van der Waals surface area contributed by atoms with Crippen LogP contribution in [-0.4, -0.2) is 47.4 Å². The van der Waals surface area contributed by atoms with Crippen molar-refractivity contribution < 1.29 is 23.8 Å². The van der Waals surface area contributed by atoms with Crippen LogP contribution in [0.5, 0.6) is 0 Å². The lowest BCUT2D eigenvalue weighted by Gasteiger charge is -2.28. The molecule has 1 aromatic carbocycles. The Morgan fingerprint density at radius 2 is 1.87 bits per heavy atom. The first kappa shape index (κ1) is 19.2. The maximum atomic E-state index is 12.7. The van der Waals surface area contributed by atoms with E-state index in [-0.39, 0.29) is 13.1 Å². The molecule has 0 fully saturated rings. The average Bonchev–Trinajstić information content (AvgIpc) is 2.42. The number of halogens is 2. The van der Waals surface area contributed by atoms with Gasteiger partial charge in [-0.2, -0.15) is 0 Å². The van der Waals surface area contributed by atoms with Crippen molar-refractivity contribution >= 4 is 23.7 Å². The third-order valence-electron chi connectivity index (χ3n) is 2.98. The van der Waals surface area contributed by atoms with Crippen LogP contribution in [0.2, 0.25) is 5.02 Å². The van der Waals surface area contributed by atoms with E-state index in [0.29, 0.717) is 10.6 Å². The Bertz CT molecular complexity index is 542. The molecular formula is C16H21ClFNO4. The van der Waals surface area contributed by atoms with Gasteiger partial charge in [0.25, 0.3) is 0 Å². The summed E-state index contributed by atoms with van der Waals surface area (Å²) in [5.74, 6) is -2.11. The third-order valence-corrected chi connectivity index (χ3v) is 3.23. The lowest BCUT2D eigenvalue weighted by Crippen LogP contribution is -2.41. The number of alkyl halides is 1. The van der Waals surface area contributed by atoms with Crippen molar-refractivity contribution in [1.29, 1.82) is 0 Å². The number of hydrogen-bond acceptors (Lipinski definition) is 3. The molecule has 0 saturated heterocycles. The van der Waals surface area contributed by atoms with Gasteiger partial charge in [0.1, 0.15) is 12.3 Å². The summed E-state index contributed by atoms with van der Waals surface area (Å²) in [5, 5.41) is 9.90. The molecule has 0 aliphatic rings. The van der Waals surface area contributed by atoms with Crippen molar-refractivity contribution in [3.05, 3.63) is 34.9 Å². The molecule has 0 aliphatic carbocycles. The van der Waals surface area contributed by atoms with E-state index in [1.807, 2.05) is 0 Å². The zero-order valence-electron chi connectivity index (χ0n) is 13.4. The van der Waals surface area contributed by atoms with Gasteiger partial charge in [-0.25, -0.2) is 9.18 Å². The Hall–Kier alpha value is -1.82. The molecule has 0 aromatic heterocycles. The van der Waals surface area contributed by atoms with E-state index in [1.165, 1.54) is 0 Å². The van der Waals surface area contributed by atoms with E-state index in [4.69, 9.17) is 16.3 Å². The van der Waals surface area contributed by atoms with Crippen molar-refractivity contribution in [2.24, 2.45) is 0 Å². The van der Waals surface area contributed by atoms with Gasteiger partial charge < -0.3 is 14.7 Å². The van der Waals surface area contributed by atoms with E-state index in [1.54, 1.807) is 45.0 Å². The van der Waals surface area contributed by atoms with Crippen LogP contribution >= 0.6 is 11.6 Å². The number of amides is 1. The monoisotopic (exact) mass is 345 g/mol. The third kappa shape index (κ3) is 6.44. The Morgan fingerprint density at radius 3 is 2.30 bits per heavy atom. The van der Waals surface area contributed by atoms with Gasteiger partial charge in [0.2, 0.25) is 0 Å². The van der Waals surface area contributed by atoms with Crippen LogP contribution in [0.25, 0.3) is 0 Å². The van der Waals surface area contributed by atoms with Crippen molar-refractivity contribution in [3.63, 3.8) is 0 Å². The highest BCUT2D eigenvalue weighted by Gasteiger charge is 2.28. The molecule has 23 heavy (non-hydrogen) atoms. The molecule has 5 nitrogen and oxygen atoms in total. The Kier molecular flexibility index (Phi) is 6.81. The lowest BCUT2D eigenvalue weighted by molar-refractivity contribution is -0.139. The fourth-order valence-corrected chi connectivity index (χ4v) is 2.05. The smallest absolute Gasteiger partial charge is 0.410 e. The molecule has 128 valence electrons. The second-order valence-corrected chi connectivity index (χ2v) is 6.49. The number of nitrogens with zero attached hydrogens (tertiary/aromatic N) is 1. The number of rotatable bonds is 6. The zero-order chi connectivity index (χ0) is 17.6. The van der Waals surface area contributed by atoms with Crippen LogP contribution in [-0.2, 0) is 9.53 Å². The summed E-state index contributed by atoms with van der Waals surface area (Å²) in [4.78, 5) is 24.7. The SMILES string of the molecule is CC(C)(C)OC(=O)N(CCF)C[C@@H](C(=O)O)c1ccc(Cl)cc1. The summed E-state index contributed by atoms with van der Waals surface area (Å²) in [6.45, 7) is 3.86. The van der Waals surface area contributed by atoms with Gasteiger partial charge in [-0.1, -0.05) is 23.7 Å². The van der Waals surface area contributed by atoms with E-state index < -0.39 is 30.3 Å². The van der Waals surface area contributed by atoms with Crippen molar-refractivity contribution in [2.45, 2.75) is 32.3 Å². The number of carboxylic acids is 1. The van der Waals surface area contributed by atoms with Gasteiger partial charge in [0.05, 0.1) is 12.5 Å². The largest absolute Gasteiger partial charge is 0.481 e. The van der Waals surface area contributed by atoms with Crippen molar-refractivity contribution in [1.82, 2.24) is 4.90 Å². The van der Waals surface area contributed by atoms with Crippen LogP contribution in [0.1, 0.15) is 32.3 Å². The Balaban J connectivity index is 2.95. The summed E-state index contributed by atoms with van der Waals surface area (Å²) in [7, 11) is 0. The first-order valence-electron chi connectivity index (χ1n) is 7.16. The van der Waals surface area contributed by atoms with Crippen LogP contribution in [0, 0.1) is 0 Å². The minimum atomic E-state index is -1.11. The molecule has 1 N–H and O–H groups in total. The summed E-state index contributed by atoms with van der Waals surface area (Å²) in [6, 6.07) is 6.28. The molecule has 0 radical (unpaired) electrons. The van der Waals surface area contributed by atoms with Gasteiger partial charge in [0.15, 0.2) is 0 Å². The molecule has 1 rings (SSSR count). The van der Waals surface area contributed by atoms with Crippen molar-refractivity contribution in [2.75, 3.05) is 19.8 Å². The highest BCUT2D eigenvalue weighted by molar-refractivity contribution is 6.30. The molecule has 1 atom stereocenters. The number of carbonyl (C=O) groups excluding carboxylic acids is 1. The van der Waals surface area contributed by atoms with E-state index in [9.17, 15) is 19.1 Å². The Labute approximate surface area is 140 Å². The van der Waals surface area contributed by atoms with Crippen molar-refractivity contribution in [3.8, 4) is 0 Å². The maximum Gasteiger partial charge on any atom is 0.410 e. The minimum absolute atomic E-state index is 0.185. The summed E-state index contributed by atoms with van der Waals surface area (Å²) >= 11 is 5.79. The number of benzene rings is 1. The summed E-state index contributed by atoms with van der Waals surface area (Å²) in [6.07, 6.45) is -0.740. The normalized spacial score (nSPS) is 12.6. The van der Waals surface area contributed by atoms with Gasteiger partial charge in [-0.05, 0) is 38.5 Å².